The fourth-order valence-corrected chi connectivity index (χ4v) is 3.57. The predicted molar refractivity (Wildman–Crippen MR) is 88.9 cm³/mol. The van der Waals surface area contributed by atoms with Gasteiger partial charge >= 0.3 is 5.97 Å². The fraction of sp³-hybridized carbons (Fsp3) is 0.500. The number of benzene rings is 1. The van der Waals surface area contributed by atoms with E-state index >= 15 is 0 Å². The Kier molecular flexibility index (Phi) is 4.25. The molecule has 0 atom stereocenters. The highest BCUT2D eigenvalue weighted by Gasteiger charge is 2.28. The van der Waals surface area contributed by atoms with Crippen molar-refractivity contribution < 1.29 is 14.3 Å². The maximum absolute atomic E-state index is 14.6. The predicted octanol–water partition coefficient (Wildman–Crippen LogP) is 2.83. The molecule has 2 fully saturated rings. The third kappa shape index (κ3) is 3.42. The van der Waals surface area contributed by atoms with Gasteiger partial charge in [-0.1, -0.05) is 23.4 Å². The van der Waals surface area contributed by atoms with Gasteiger partial charge in [0.15, 0.2) is 5.69 Å². The lowest BCUT2D eigenvalue weighted by Gasteiger charge is -2.32. The standard InChI is InChI=1S/C18H21FN4O2/c19-17-13(2-1-3-15(17)12-4-5-12)10-22-8-6-14(7-9-22)23-11-16(18(24)25)20-21-23/h1-3,11-12,14H,4-10H2,(H,24,25). The number of piperidine rings is 1. The summed E-state index contributed by atoms with van der Waals surface area (Å²) in [5.74, 6) is -0.675. The number of hydrogen-bond donors (Lipinski definition) is 1. The van der Waals surface area contributed by atoms with E-state index in [1.807, 2.05) is 18.2 Å². The third-order valence-corrected chi connectivity index (χ3v) is 5.18. The second kappa shape index (κ2) is 6.55. The van der Waals surface area contributed by atoms with Gasteiger partial charge in [-0.15, -0.1) is 5.10 Å². The molecule has 0 radical (unpaired) electrons. The van der Waals surface area contributed by atoms with Crippen LogP contribution in [0, 0.1) is 5.82 Å². The lowest BCUT2D eigenvalue weighted by Crippen LogP contribution is -2.34. The summed E-state index contributed by atoms with van der Waals surface area (Å²) in [6.07, 6.45) is 5.39. The van der Waals surface area contributed by atoms with Crippen LogP contribution in [-0.4, -0.2) is 44.1 Å². The molecule has 1 saturated heterocycles. The molecule has 7 heteroatoms. The molecular formula is C18H21FN4O2. The Labute approximate surface area is 145 Å². The van der Waals surface area contributed by atoms with Crippen molar-refractivity contribution >= 4 is 5.97 Å². The topological polar surface area (TPSA) is 71.2 Å². The van der Waals surface area contributed by atoms with Crippen molar-refractivity contribution in [3.63, 3.8) is 0 Å². The normalized spacial score (nSPS) is 19.2. The first-order valence-corrected chi connectivity index (χ1v) is 8.76. The molecule has 1 aliphatic heterocycles. The molecule has 132 valence electrons. The number of aromatic nitrogens is 3. The number of hydrogen-bond acceptors (Lipinski definition) is 4. The molecular weight excluding hydrogens is 323 g/mol. The second-order valence-electron chi connectivity index (χ2n) is 6.99. The first-order chi connectivity index (χ1) is 12.1. The Bertz CT molecular complexity index is 779. The molecule has 1 N–H and O–H groups in total. The van der Waals surface area contributed by atoms with E-state index in [0.29, 0.717) is 12.5 Å². The van der Waals surface area contributed by atoms with Crippen LogP contribution in [0.25, 0.3) is 0 Å². The second-order valence-corrected chi connectivity index (χ2v) is 6.99. The van der Waals surface area contributed by atoms with Crippen molar-refractivity contribution in [2.45, 2.75) is 44.2 Å². The molecule has 0 bridgehead atoms. The molecule has 2 heterocycles. The van der Waals surface area contributed by atoms with Crippen molar-refractivity contribution in [2.24, 2.45) is 0 Å². The lowest BCUT2D eigenvalue weighted by atomic mass is 10.0. The number of carboxylic acids is 1. The van der Waals surface area contributed by atoms with Crippen molar-refractivity contribution in [3.05, 3.63) is 47.0 Å². The van der Waals surface area contributed by atoms with Gasteiger partial charge in [0.1, 0.15) is 5.82 Å². The Morgan fingerprint density at radius 1 is 1.24 bits per heavy atom. The lowest BCUT2D eigenvalue weighted by molar-refractivity contribution is 0.0690. The number of likely N-dealkylation sites (tertiary alicyclic amines) is 1. The average Bonchev–Trinajstić information content (AvgIpc) is 3.33. The Hall–Kier alpha value is -2.28. The number of halogens is 1. The quantitative estimate of drug-likeness (QED) is 0.903. The van der Waals surface area contributed by atoms with Gasteiger partial charge in [0, 0.05) is 25.2 Å². The highest BCUT2D eigenvalue weighted by atomic mass is 19.1. The van der Waals surface area contributed by atoms with E-state index in [0.717, 1.165) is 49.9 Å². The third-order valence-electron chi connectivity index (χ3n) is 5.18. The van der Waals surface area contributed by atoms with Crippen LogP contribution in [-0.2, 0) is 6.54 Å². The van der Waals surface area contributed by atoms with Crippen LogP contribution in [0.3, 0.4) is 0 Å². The summed E-state index contributed by atoms with van der Waals surface area (Å²) in [7, 11) is 0. The van der Waals surface area contributed by atoms with Crippen LogP contribution in [0.5, 0.6) is 0 Å². The SMILES string of the molecule is O=C(O)c1cn(C2CCN(Cc3cccc(C4CC4)c3F)CC2)nn1. The minimum absolute atomic E-state index is 0.0265. The van der Waals surface area contributed by atoms with E-state index in [-0.39, 0.29) is 17.6 Å². The maximum Gasteiger partial charge on any atom is 0.358 e. The summed E-state index contributed by atoms with van der Waals surface area (Å²) >= 11 is 0. The van der Waals surface area contributed by atoms with Gasteiger partial charge in [-0.3, -0.25) is 4.90 Å². The van der Waals surface area contributed by atoms with Crippen LogP contribution >= 0.6 is 0 Å². The van der Waals surface area contributed by atoms with E-state index in [9.17, 15) is 9.18 Å². The van der Waals surface area contributed by atoms with Crippen molar-refractivity contribution in [1.29, 1.82) is 0 Å². The van der Waals surface area contributed by atoms with Gasteiger partial charge in [0.25, 0.3) is 0 Å². The summed E-state index contributed by atoms with van der Waals surface area (Å²) in [6, 6.07) is 5.90. The summed E-state index contributed by atoms with van der Waals surface area (Å²) in [5.41, 5.74) is 1.62. The molecule has 2 aromatic rings. The van der Waals surface area contributed by atoms with E-state index in [4.69, 9.17) is 5.11 Å². The van der Waals surface area contributed by atoms with Gasteiger partial charge < -0.3 is 5.11 Å². The summed E-state index contributed by atoms with van der Waals surface area (Å²) in [5, 5.41) is 16.5. The molecule has 1 aromatic heterocycles. The first kappa shape index (κ1) is 16.2. The fourth-order valence-electron chi connectivity index (χ4n) is 3.57. The first-order valence-electron chi connectivity index (χ1n) is 8.76. The smallest absolute Gasteiger partial charge is 0.358 e. The Morgan fingerprint density at radius 3 is 2.64 bits per heavy atom. The Balaban J connectivity index is 1.37. The summed E-state index contributed by atoms with van der Waals surface area (Å²) < 4.78 is 16.3. The van der Waals surface area contributed by atoms with Crippen molar-refractivity contribution in [2.75, 3.05) is 13.1 Å². The van der Waals surface area contributed by atoms with Gasteiger partial charge in [0.2, 0.25) is 0 Å². The number of aromatic carboxylic acids is 1. The molecule has 1 aliphatic carbocycles. The molecule has 4 rings (SSSR count). The van der Waals surface area contributed by atoms with E-state index in [1.54, 1.807) is 4.68 Å². The van der Waals surface area contributed by atoms with Crippen LogP contribution in [0.4, 0.5) is 4.39 Å². The molecule has 1 saturated carbocycles. The zero-order valence-electron chi connectivity index (χ0n) is 13.9. The molecule has 0 amide bonds. The largest absolute Gasteiger partial charge is 0.476 e. The van der Waals surface area contributed by atoms with Gasteiger partial charge in [-0.25, -0.2) is 13.9 Å². The van der Waals surface area contributed by atoms with E-state index < -0.39 is 5.97 Å². The van der Waals surface area contributed by atoms with E-state index in [1.165, 1.54) is 6.20 Å². The maximum atomic E-state index is 14.6. The number of carboxylic acid groups (broad SMARTS) is 1. The van der Waals surface area contributed by atoms with Crippen molar-refractivity contribution in [1.82, 2.24) is 19.9 Å². The highest BCUT2D eigenvalue weighted by Crippen LogP contribution is 2.41. The zero-order valence-corrected chi connectivity index (χ0v) is 13.9. The van der Waals surface area contributed by atoms with Crippen molar-refractivity contribution in [3.8, 4) is 0 Å². The monoisotopic (exact) mass is 344 g/mol. The number of rotatable bonds is 5. The molecule has 2 aliphatic rings. The molecule has 25 heavy (non-hydrogen) atoms. The van der Waals surface area contributed by atoms with Gasteiger partial charge in [0.05, 0.1) is 12.2 Å². The van der Waals surface area contributed by atoms with E-state index in [2.05, 4.69) is 15.2 Å². The zero-order chi connectivity index (χ0) is 17.4. The summed E-state index contributed by atoms with van der Waals surface area (Å²) in [4.78, 5) is 13.2. The summed E-state index contributed by atoms with van der Waals surface area (Å²) in [6.45, 7) is 2.29. The highest BCUT2D eigenvalue weighted by molar-refractivity contribution is 5.84. The molecule has 6 nitrogen and oxygen atoms in total. The Morgan fingerprint density at radius 2 is 2.00 bits per heavy atom. The van der Waals surface area contributed by atoms with Gasteiger partial charge in [-0.2, -0.15) is 0 Å². The van der Waals surface area contributed by atoms with Crippen LogP contribution in [0.1, 0.15) is 59.3 Å². The number of nitrogens with zero attached hydrogens (tertiary/aromatic N) is 4. The number of carbonyl (C=O) groups is 1. The van der Waals surface area contributed by atoms with Gasteiger partial charge in [-0.05, 0) is 37.2 Å². The molecule has 1 aromatic carbocycles. The molecule has 0 unspecified atom stereocenters. The van der Waals surface area contributed by atoms with Crippen LogP contribution < -0.4 is 0 Å². The minimum Gasteiger partial charge on any atom is -0.476 e. The average molecular weight is 344 g/mol. The van der Waals surface area contributed by atoms with Crippen LogP contribution in [0.2, 0.25) is 0 Å². The molecule has 0 spiro atoms. The van der Waals surface area contributed by atoms with Crippen LogP contribution in [0.15, 0.2) is 24.4 Å². The minimum atomic E-state index is -1.06.